The van der Waals surface area contributed by atoms with Gasteiger partial charge in [0, 0.05) is 19.7 Å². The molecule has 5 nitrogen and oxygen atoms in total. The predicted octanol–water partition coefficient (Wildman–Crippen LogP) is 1.62. The van der Waals surface area contributed by atoms with E-state index in [2.05, 4.69) is 10.4 Å². The van der Waals surface area contributed by atoms with E-state index < -0.39 is 36.0 Å². The van der Waals surface area contributed by atoms with Crippen molar-refractivity contribution in [2.24, 2.45) is 7.05 Å². The fourth-order valence-corrected chi connectivity index (χ4v) is 2.14. The van der Waals surface area contributed by atoms with E-state index in [-0.39, 0.29) is 12.0 Å². The minimum atomic E-state index is -1.59. The summed E-state index contributed by atoms with van der Waals surface area (Å²) in [5, 5.41) is 15.7. The number of halogens is 3. The fraction of sp³-hybridized carbons (Fsp3) is 0.333. The molecule has 1 aromatic heterocycles. The van der Waals surface area contributed by atoms with Gasteiger partial charge in [-0.3, -0.25) is 9.48 Å². The Morgan fingerprint density at radius 1 is 1.35 bits per heavy atom. The van der Waals surface area contributed by atoms with Crippen LogP contribution in [0.2, 0.25) is 0 Å². The highest BCUT2D eigenvalue weighted by molar-refractivity contribution is 5.76. The highest BCUT2D eigenvalue weighted by Gasteiger charge is 2.18. The standard InChI is InChI=1S/C15H16F3N3O2/c1-21-7-9(6-19-21)2-3-14(23)20-13(8-22)10-4-11(16)15(18)12(17)5-10/h4-7,13,22H,2-3,8H2,1H3,(H,20,23). The zero-order chi connectivity index (χ0) is 17.0. The van der Waals surface area contributed by atoms with Crippen LogP contribution >= 0.6 is 0 Å². The van der Waals surface area contributed by atoms with Gasteiger partial charge in [-0.1, -0.05) is 0 Å². The average molecular weight is 327 g/mol. The van der Waals surface area contributed by atoms with Crippen LogP contribution in [-0.2, 0) is 18.3 Å². The maximum atomic E-state index is 13.2. The van der Waals surface area contributed by atoms with Gasteiger partial charge in [-0.2, -0.15) is 5.10 Å². The molecule has 2 N–H and O–H groups in total. The van der Waals surface area contributed by atoms with Crippen LogP contribution in [0.3, 0.4) is 0 Å². The summed E-state index contributed by atoms with van der Waals surface area (Å²) < 4.78 is 41.0. The summed E-state index contributed by atoms with van der Waals surface area (Å²) in [6.45, 7) is -0.566. The molecule has 1 aromatic carbocycles. The highest BCUT2D eigenvalue weighted by Crippen LogP contribution is 2.19. The first-order valence-electron chi connectivity index (χ1n) is 6.93. The van der Waals surface area contributed by atoms with Crippen LogP contribution < -0.4 is 5.32 Å². The average Bonchev–Trinajstić information content (AvgIpc) is 2.93. The number of amides is 1. The van der Waals surface area contributed by atoms with Crippen LogP contribution in [0.15, 0.2) is 24.5 Å². The van der Waals surface area contributed by atoms with E-state index in [0.717, 1.165) is 17.7 Å². The normalized spacial score (nSPS) is 12.2. The molecule has 1 heterocycles. The third-order valence-corrected chi connectivity index (χ3v) is 3.33. The lowest BCUT2D eigenvalue weighted by Gasteiger charge is -2.17. The van der Waals surface area contributed by atoms with E-state index in [1.807, 2.05) is 0 Å². The Kier molecular flexibility index (Phi) is 5.38. The molecule has 2 aromatic rings. The van der Waals surface area contributed by atoms with Crippen LogP contribution in [0.5, 0.6) is 0 Å². The quantitative estimate of drug-likeness (QED) is 0.793. The Labute approximate surface area is 130 Å². The lowest BCUT2D eigenvalue weighted by molar-refractivity contribution is -0.122. The molecule has 0 aliphatic heterocycles. The number of hydrogen-bond acceptors (Lipinski definition) is 3. The van der Waals surface area contributed by atoms with Crippen molar-refractivity contribution in [1.82, 2.24) is 15.1 Å². The van der Waals surface area contributed by atoms with E-state index in [1.54, 1.807) is 24.1 Å². The summed E-state index contributed by atoms with van der Waals surface area (Å²) >= 11 is 0. The predicted molar refractivity (Wildman–Crippen MR) is 75.8 cm³/mol. The third kappa shape index (κ3) is 4.32. The Balaban J connectivity index is 1.99. The number of nitrogens with one attached hydrogen (secondary N) is 1. The minimum Gasteiger partial charge on any atom is -0.394 e. The molecule has 0 saturated heterocycles. The number of benzene rings is 1. The number of aromatic nitrogens is 2. The molecule has 2 rings (SSSR count). The number of aliphatic hydroxyl groups excluding tert-OH is 1. The molecular weight excluding hydrogens is 311 g/mol. The number of nitrogens with zero attached hydrogens (tertiary/aromatic N) is 2. The number of aryl methyl sites for hydroxylation is 2. The molecule has 0 saturated carbocycles. The van der Waals surface area contributed by atoms with E-state index in [1.165, 1.54) is 0 Å². The van der Waals surface area contributed by atoms with Gasteiger partial charge in [0.25, 0.3) is 0 Å². The van der Waals surface area contributed by atoms with Crippen LogP contribution in [0, 0.1) is 17.5 Å². The van der Waals surface area contributed by atoms with E-state index in [4.69, 9.17) is 0 Å². The molecule has 1 amide bonds. The molecule has 0 bridgehead atoms. The van der Waals surface area contributed by atoms with Gasteiger partial charge in [-0.15, -0.1) is 0 Å². The number of rotatable bonds is 6. The SMILES string of the molecule is Cn1cc(CCC(=O)NC(CO)c2cc(F)c(F)c(F)c2)cn1. The first kappa shape index (κ1) is 17.0. The van der Waals surface area contributed by atoms with Gasteiger partial charge in [0.1, 0.15) is 0 Å². The lowest BCUT2D eigenvalue weighted by Crippen LogP contribution is -2.31. The summed E-state index contributed by atoms with van der Waals surface area (Å²) in [5.74, 6) is -4.74. The van der Waals surface area contributed by atoms with Crippen molar-refractivity contribution in [3.05, 3.63) is 53.1 Å². The smallest absolute Gasteiger partial charge is 0.220 e. The van der Waals surface area contributed by atoms with Gasteiger partial charge in [0.2, 0.25) is 5.91 Å². The second kappa shape index (κ2) is 7.28. The molecule has 0 radical (unpaired) electrons. The van der Waals surface area contributed by atoms with Crippen molar-refractivity contribution in [3.63, 3.8) is 0 Å². The van der Waals surface area contributed by atoms with Gasteiger partial charge in [0.15, 0.2) is 17.5 Å². The van der Waals surface area contributed by atoms with Crippen LogP contribution in [0.25, 0.3) is 0 Å². The zero-order valence-electron chi connectivity index (χ0n) is 12.4. The van der Waals surface area contributed by atoms with Crippen LogP contribution in [0.1, 0.15) is 23.6 Å². The first-order valence-corrected chi connectivity index (χ1v) is 6.93. The Bertz CT molecular complexity index is 680. The van der Waals surface area contributed by atoms with E-state index in [0.29, 0.717) is 6.42 Å². The molecule has 0 aliphatic carbocycles. The summed E-state index contributed by atoms with van der Waals surface area (Å²) in [6, 6.07) is 0.488. The van der Waals surface area contributed by atoms with Crippen molar-refractivity contribution in [3.8, 4) is 0 Å². The molecule has 0 spiro atoms. The van der Waals surface area contributed by atoms with Crippen LogP contribution in [-0.4, -0.2) is 27.4 Å². The topological polar surface area (TPSA) is 67.2 Å². The molecule has 8 heteroatoms. The second-order valence-corrected chi connectivity index (χ2v) is 5.12. The number of carbonyl (C=O) groups excluding carboxylic acids is 1. The first-order chi connectivity index (χ1) is 10.9. The van der Waals surface area contributed by atoms with E-state index >= 15 is 0 Å². The van der Waals surface area contributed by atoms with Crippen molar-refractivity contribution < 1.29 is 23.1 Å². The van der Waals surface area contributed by atoms with Crippen molar-refractivity contribution in [1.29, 1.82) is 0 Å². The second-order valence-electron chi connectivity index (χ2n) is 5.12. The zero-order valence-corrected chi connectivity index (χ0v) is 12.4. The maximum absolute atomic E-state index is 13.2. The minimum absolute atomic E-state index is 0.0429. The number of carbonyl (C=O) groups is 1. The molecule has 124 valence electrons. The molecule has 0 aliphatic rings. The summed E-state index contributed by atoms with van der Waals surface area (Å²) in [5.41, 5.74) is 0.820. The largest absolute Gasteiger partial charge is 0.394 e. The monoisotopic (exact) mass is 327 g/mol. The van der Waals surface area contributed by atoms with Gasteiger partial charge >= 0.3 is 0 Å². The maximum Gasteiger partial charge on any atom is 0.220 e. The Morgan fingerprint density at radius 3 is 2.52 bits per heavy atom. The van der Waals surface area contributed by atoms with Crippen molar-refractivity contribution >= 4 is 5.91 Å². The van der Waals surface area contributed by atoms with Gasteiger partial charge in [0.05, 0.1) is 18.8 Å². The van der Waals surface area contributed by atoms with Crippen molar-refractivity contribution in [2.45, 2.75) is 18.9 Å². The van der Waals surface area contributed by atoms with Gasteiger partial charge in [-0.05, 0) is 29.7 Å². The van der Waals surface area contributed by atoms with E-state index in [9.17, 15) is 23.1 Å². The molecule has 0 fully saturated rings. The Hall–Kier alpha value is -2.35. The third-order valence-electron chi connectivity index (χ3n) is 3.33. The van der Waals surface area contributed by atoms with Gasteiger partial charge < -0.3 is 10.4 Å². The molecular formula is C15H16F3N3O2. The summed E-state index contributed by atoms with van der Waals surface area (Å²) in [7, 11) is 1.75. The molecule has 1 unspecified atom stereocenters. The number of aliphatic hydroxyl groups is 1. The molecule has 23 heavy (non-hydrogen) atoms. The number of hydrogen-bond donors (Lipinski definition) is 2. The highest BCUT2D eigenvalue weighted by atomic mass is 19.2. The lowest BCUT2D eigenvalue weighted by atomic mass is 10.1. The fourth-order valence-electron chi connectivity index (χ4n) is 2.14. The summed E-state index contributed by atoms with van der Waals surface area (Å²) in [4.78, 5) is 11.9. The van der Waals surface area contributed by atoms with Crippen LogP contribution in [0.4, 0.5) is 13.2 Å². The Morgan fingerprint density at radius 2 is 2.00 bits per heavy atom. The summed E-state index contributed by atoms with van der Waals surface area (Å²) in [6.07, 6.45) is 3.95. The van der Waals surface area contributed by atoms with Crippen molar-refractivity contribution in [2.75, 3.05) is 6.61 Å². The van der Waals surface area contributed by atoms with Gasteiger partial charge in [-0.25, -0.2) is 13.2 Å². The molecule has 1 atom stereocenters.